The van der Waals surface area contributed by atoms with Crippen molar-refractivity contribution in [2.45, 2.75) is 45.1 Å². The first-order valence-electron chi connectivity index (χ1n) is 6.66. The number of nitrogens with two attached hydrogens (primary N) is 1. The molecule has 1 aliphatic rings. The molecule has 0 bridgehead atoms. The van der Waals surface area contributed by atoms with Crippen LogP contribution in [0.25, 0.3) is 0 Å². The van der Waals surface area contributed by atoms with Crippen molar-refractivity contribution in [2.24, 2.45) is 11.1 Å². The van der Waals surface area contributed by atoms with Crippen LogP contribution in [0.1, 0.15) is 38.2 Å². The summed E-state index contributed by atoms with van der Waals surface area (Å²) in [5.41, 5.74) is 6.48. The summed E-state index contributed by atoms with van der Waals surface area (Å²) < 4.78 is 0. The second kappa shape index (κ2) is 6.01. The molecule has 1 fully saturated rings. The van der Waals surface area contributed by atoms with Crippen molar-refractivity contribution in [2.75, 3.05) is 0 Å². The van der Waals surface area contributed by atoms with E-state index >= 15 is 0 Å². The summed E-state index contributed by atoms with van der Waals surface area (Å²) in [5.74, 6) is 0.0141. The van der Waals surface area contributed by atoms with Crippen LogP contribution < -0.4 is 11.1 Å². The fraction of sp³-hybridized carbons (Fsp3) is 0.571. The van der Waals surface area contributed by atoms with Gasteiger partial charge in [-0.25, -0.2) is 0 Å². The Morgan fingerprint density at radius 2 is 2.26 bits per heavy atom. The molecule has 3 N–H and O–H groups in total. The summed E-state index contributed by atoms with van der Waals surface area (Å²) in [6.45, 7) is 2.03. The average molecular weight is 296 g/mol. The highest BCUT2D eigenvalue weighted by molar-refractivity contribution is 7.80. The molecule has 0 spiro atoms. The van der Waals surface area contributed by atoms with Gasteiger partial charge in [-0.2, -0.15) is 11.3 Å². The van der Waals surface area contributed by atoms with E-state index in [1.54, 1.807) is 11.3 Å². The van der Waals surface area contributed by atoms with E-state index in [4.69, 9.17) is 18.0 Å². The maximum atomic E-state index is 12.5. The quantitative estimate of drug-likeness (QED) is 0.821. The number of thiophene rings is 1. The number of hydrogen-bond acceptors (Lipinski definition) is 3. The van der Waals surface area contributed by atoms with Gasteiger partial charge in [-0.05, 0) is 48.6 Å². The van der Waals surface area contributed by atoms with Crippen molar-refractivity contribution in [3.05, 3.63) is 22.4 Å². The lowest BCUT2D eigenvalue weighted by Crippen LogP contribution is -2.50. The normalized spacial score (nSPS) is 19.0. The molecule has 1 heterocycles. The number of rotatable bonds is 5. The third kappa shape index (κ3) is 3.15. The lowest BCUT2D eigenvalue weighted by molar-refractivity contribution is -0.127. The Morgan fingerprint density at radius 1 is 1.58 bits per heavy atom. The summed E-state index contributed by atoms with van der Waals surface area (Å²) in [4.78, 5) is 12.8. The van der Waals surface area contributed by atoms with Gasteiger partial charge < -0.3 is 11.1 Å². The molecule has 1 aromatic rings. The second-order valence-corrected chi connectivity index (χ2v) is 6.58. The second-order valence-electron chi connectivity index (χ2n) is 5.36. The number of amides is 1. The van der Waals surface area contributed by atoms with Crippen LogP contribution in [0.3, 0.4) is 0 Å². The Bertz CT molecular complexity index is 450. The fourth-order valence-electron chi connectivity index (χ4n) is 2.74. The van der Waals surface area contributed by atoms with Crippen LogP contribution in [0.15, 0.2) is 16.8 Å². The molecule has 0 aliphatic heterocycles. The molecular formula is C14H20N2OS2. The molecule has 104 valence electrons. The highest BCUT2D eigenvalue weighted by Gasteiger charge is 2.44. The standard InChI is InChI=1S/C14H20N2OS2/c1-10(8-11-4-7-19-9-11)16-13(17)14(12(15)18)5-2-3-6-14/h4,7,9-10H,2-3,5-6,8H2,1H3,(H2,15,18)(H,16,17). The van der Waals surface area contributed by atoms with Gasteiger partial charge in [0.1, 0.15) is 0 Å². The molecule has 0 aromatic carbocycles. The molecule has 0 radical (unpaired) electrons. The minimum absolute atomic E-state index is 0.0141. The molecule has 5 heteroatoms. The maximum Gasteiger partial charge on any atom is 0.233 e. The van der Waals surface area contributed by atoms with E-state index in [1.165, 1.54) is 5.56 Å². The zero-order chi connectivity index (χ0) is 13.9. The molecule has 19 heavy (non-hydrogen) atoms. The van der Waals surface area contributed by atoms with Crippen LogP contribution in [0.4, 0.5) is 0 Å². The lowest BCUT2D eigenvalue weighted by atomic mass is 9.84. The molecule has 2 rings (SSSR count). The van der Waals surface area contributed by atoms with Gasteiger partial charge in [-0.3, -0.25) is 4.79 Å². The summed E-state index contributed by atoms with van der Waals surface area (Å²) >= 11 is 6.81. The summed E-state index contributed by atoms with van der Waals surface area (Å²) in [7, 11) is 0. The molecule has 1 saturated carbocycles. The van der Waals surface area contributed by atoms with E-state index in [9.17, 15) is 4.79 Å². The smallest absolute Gasteiger partial charge is 0.233 e. The Hall–Kier alpha value is -0.940. The minimum atomic E-state index is -0.599. The monoisotopic (exact) mass is 296 g/mol. The highest BCUT2D eigenvalue weighted by atomic mass is 32.1. The van der Waals surface area contributed by atoms with Gasteiger partial charge in [0.05, 0.1) is 10.4 Å². The van der Waals surface area contributed by atoms with Crippen LogP contribution in [0.5, 0.6) is 0 Å². The first-order chi connectivity index (χ1) is 9.04. The topological polar surface area (TPSA) is 55.1 Å². The summed E-state index contributed by atoms with van der Waals surface area (Å²) in [6, 6.07) is 2.19. The first-order valence-corrected chi connectivity index (χ1v) is 8.02. The largest absolute Gasteiger partial charge is 0.392 e. The predicted octanol–water partition coefficient (Wildman–Crippen LogP) is 2.64. The fourth-order valence-corrected chi connectivity index (χ4v) is 3.72. The Balaban J connectivity index is 1.97. The van der Waals surface area contributed by atoms with Crippen LogP contribution in [0, 0.1) is 5.41 Å². The Morgan fingerprint density at radius 3 is 2.79 bits per heavy atom. The van der Waals surface area contributed by atoms with E-state index in [0.717, 1.165) is 32.1 Å². The van der Waals surface area contributed by atoms with Gasteiger partial charge in [-0.15, -0.1) is 0 Å². The molecular weight excluding hydrogens is 276 g/mol. The third-order valence-corrected chi connectivity index (χ3v) is 4.99. The van der Waals surface area contributed by atoms with Crippen molar-refractivity contribution in [1.29, 1.82) is 0 Å². The maximum absolute atomic E-state index is 12.5. The van der Waals surface area contributed by atoms with E-state index < -0.39 is 5.41 Å². The van der Waals surface area contributed by atoms with E-state index in [1.807, 2.05) is 6.92 Å². The van der Waals surface area contributed by atoms with E-state index in [0.29, 0.717) is 4.99 Å². The highest BCUT2D eigenvalue weighted by Crippen LogP contribution is 2.38. The van der Waals surface area contributed by atoms with Crippen molar-refractivity contribution >= 4 is 34.5 Å². The van der Waals surface area contributed by atoms with Crippen molar-refractivity contribution in [1.82, 2.24) is 5.32 Å². The number of hydrogen-bond donors (Lipinski definition) is 2. The van der Waals surface area contributed by atoms with Gasteiger partial charge >= 0.3 is 0 Å². The zero-order valence-electron chi connectivity index (χ0n) is 11.1. The van der Waals surface area contributed by atoms with Crippen LogP contribution in [-0.2, 0) is 11.2 Å². The molecule has 1 aliphatic carbocycles. The molecule has 3 nitrogen and oxygen atoms in total. The molecule has 1 amide bonds. The van der Waals surface area contributed by atoms with Gasteiger partial charge in [-0.1, -0.05) is 25.1 Å². The summed E-state index contributed by atoms with van der Waals surface area (Å²) in [6.07, 6.45) is 4.49. The van der Waals surface area contributed by atoms with Gasteiger partial charge in [0.25, 0.3) is 0 Å². The van der Waals surface area contributed by atoms with E-state index in [2.05, 4.69) is 22.1 Å². The van der Waals surface area contributed by atoms with Crippen LogP contribution >= 0.6 is 23.6 Å². The van der Waals surface area contributed by atoms with Gasteiger partial charge in [0, 0.05) is 6.04 Å². The predicted molar refractivity (Wildman–Crippen MR) is 83.3 cm³/mol. The molecule has 0 saturated heterocycles. The number of carbonyl (C=O) groups is 1. The minimum Gasteiger partial charge on any atom is -0.392 e. The van der Waals surface area contributed by atoms with Crippen LogP contribution in [-0.4, -0.2) is 16.9 Å². The number of thiocarbonyl (C=S) groups is 1. The van der Waals surface area contributed by atoms with Crippen molar-refractivity contribution < 1.29 is 4.79 Å². The number of nitrogens with one attached hydrogen (secondary N) is 1. The Labute approximate surface area is 123 Å². The lowest BCUT2D eigenvalue weighted by Gasteiger charge is -2.28. The molecule has 1 unspecified atom stereocenters. The molecule has 1 atom stereocenters. The molecule has 1 aromatic heterocycles. The average Bonchev–Trinajstić information content (AvgIpc) is 2.98. The van der Waals surface area contributed by atoms with Crippen molar-refractivity contribution in [3.8, 4) is 0 Å². The van der Waals surface area contributed by atoms with Crippen molar-refractivity contribution in [3.63, 3.8) is 0 Å². The van der Waals surface area contributed by atoms with Crippen LogP contribution in [0.2, 0.25) is 0 Å². The Kier molecular flexibility index (Phi) is 4.58. The zero-order valence-corrected chi connectivity index (χ0v) is 12.8. The third-order valence-electron chi connectivity index (χ3n) is 3.86. The summed E-state index contributed by atoms with van der Waals surface area (Å²) in [5, 5.41) is 7.25. The SMILES string of the molecule is CC(Cc1ccsc1)NC(=O)C1(C(N)=S)CCCC1. The number of carbonyl (C=O) groups excluding carboxylic acids is 1. The van der Waals surface area contributed by atoms with Gasteiger partial charge in [0.15, 0.2) is 0 Å². The first kappa shape index (κ1) is 14.5. The van der Waals surface area contributed by atoms with E-state index in [-0.39, 0.29) is 11.9 Å². The van der Waals surface area contributed by atoms with Gasteiger partial charge in [0.2, 0.25) is 5.91 Å².